The molecule has 6 nitrogen and oxygen atoms in total. The van der Waals surface area contributed by atoms with E-state index in [2.05, 4.69) is 4.98 Å². The second-order valence-corrected chi connectivity index (χ2v) is 13.0. The van der Waals surface area contributed by atoms with Crippen molar-refractivity contribution >= 4 is 63.7 Å². The van der Waals surface area contributed by atoms with E-state index in [4.69, 9.17) is 39.5 Å². The van der Waals surface area contributed by atoms with Gasteiger partial charge in [-0.05, 0) is 91.0 Å². The lowest BCUT2D eigenvalue weighted by Gasteiger charge is -2.33. The molecule has 0 fully saturated rings. The number of hydrogen-bond donors (Lipinski definition) is 1. The number of rotatable bonds is 6. The van der Waals surface area contributed by atoms with Crippen LogP contribution >= 0.6 is 34.8 Å². The number of aryl methyl sites for hydroxylation is 1. The molecule has 4 rings (SSSR count). The standard InChI is InChI=1S/C32H34Cl3N3O3/c1-18-17-38(24-11-9-10-19(26(18)24)12-13-25(39)41-31(2,3)4)30(40)28-21(16-36-29(28)32(5,6)37(7)8)27-22(34)14-20(33)15-23(27)35/h9-17,36H,1-8H3/b13-12+. The van der Waals surface area contributed by atoms with Gasteiger partial charge in [0.05, 0.1) is 26.7 Å². The number of esters is 1. The summed E-state index contributed by atoms with van der Waals surface area (Å²) < 4.78 is 7.05. The number of ether oxygens (including phenoxy) is 1. The Labute approximate surface area is 255 Å². The van der Waals surface area contributed by atoms with E-state index in [0.717, 1.165) is 16.5 Å². The normalized spacial score (nSPS) is 12.6. The van der Waals surface area contributed by atoms with E-state index in [1.165, 1.54) is 6.08 Å². The number of halogens is 3. The van der Waals surface area contributed by atoms with E-state index in [0.29, 0.717) is 43.0 Å². The fraction of sp³-hybridized carbons (Fsp3) is 0.312. The molecule has 0 spiro atoms. The number of aromatic amines is 1. The Morgan fingerprint density at radius 3 is 2.24 bits per heavy atom. The Balaban J connectivity index is 1.92. The highest BCUT2D eigenvalue weighted by Crippen LogP contribution is 2.42. The first kappa shape index (κ1) is 30.9. The molecule has 0 amide bonds. The monoisotopic (exact) mass is 613 g/mol. The second-order valence-electron chi connectivity index (χ2n) is 11.7. The summed E-state index contributed by atoms with van der Waals surface area (Å²) >= 11 is 19.5. The molecule has 0 atom stereocenters. The zero-order valence-electron chi connectivity index (χ0n) is 24.4. The third kappa shape index (κ3) is 6.12. The Morgan fingerprint density at radius 2 is 1.66 bits per heavy atom. The van der Waals surface area contributed by atoms with E-state index in [9.17, 15) is 9.59 Å². The highest BCUT2D eigenvalue weighted by molar-refractivity contribution is 6.42. The molecule has 0 aliphatic carbocycles. The lowest BCUT2D eigenvalue weighted by Crippen LogP contribution is -2.37. The summed E-state index contributed by atoms with van der Waals surface area (Å²) in [4.78, 5) is 32.3. The maximum atomic E-state index is 14.6. The second kappa shape index (κ2) is 11.3. The number of carbonyl (C=O) groups excluding carboxylic acids is 2. The van der Waals surface area contributed by atoms with Crippen molar-refractivity contribution in [3.05, 3.63) is 86.3 Å². The summed E-state index contributed by atoms with van der Waals surface area (Å²) in [5.74, 6) is -0.688. The van der Waals surface area contributed by atoms with Gasteiger partial charge in [0.2, 0.25) is 0 Å². The first-order valence-corrected chi connectivity index (χ1v) is 14.3. The van der Waals surface area contributed by atoms with Crippen LogP contribution in [-0.2, 0) is 15.1 Å². The average Bonchev–Trinajstić information content (AvgIpc) is 3.43. The predicted octanol–water partition coefficient (Wildman–Crippen LogP) is 8.75. The number of carbonyl (C=O) groups is 2. The van der Waals surface area contributed by atoms with Gasteiger partial charge >= 0.3 is 5.97 Å². The minimum absolute atomic E-state index is 0.250. The first-order valence-electron chi connectivity index (χ1n) is 13.1. The molecular formula is C32H34Cl3N3O3. The smallest absolute Gasteiger partial charge is 0.331 e. The number of fused-ring (bicyclic) bond motifs is 1. The lowest BCUT2D eigenvalue weighted by molar-refractivity contribution is -0.148. The van der Waals surface area contributed by atoms with Crippen molar-refractivity contribution < 1.29 is 14.3 Å². The van der Waals surface area contributed by atoms with E-state index >= 15 is 0 Å². The van der Waals surface area contributed by atoms with Gasteiger partial charge in [0, 0.05) is 45.7 Å². The van der Waals surface area contributed by atoms with Crippen molar-refractivity contribution in [1.82, 2.24) is 14.5 Å². The van der Waals surface area contributed by atoms with Gasteiger partial charge in [0.25, 0.3) is 5.91 Å². The van der Waals surface area contributed by atoms with Crippen LogP contribution in [0.15, 0.2) is 48.8 Å². The van der Waals surface area contributed by atoms with Crippen LogP contribution in [0.25, 0.3) is 28.1 Å². The Bertz CT molecular complexity index is 1660. The Kier molecular flexibility index (Phi) is 8.55. The summed E-state index contributed by atoms with van der Waals surface area (Å²) in [6, 6.07) is 8.87. The average molecular weight is 615 g/mol. The maximum absolute atomic E-state index is 14.6. The topological polar surface area (TPSA) is 67.3 Å². The van der Waals surface area contributed by atoms with E-state index in [-0.39, 0.29) is 5.91 Å². The summed E-state index contributed by atoms with van der Waals surface area (Å²) in [7, 11) is 3.91. The van der Waals surface area contributed by atoms with Gasteiger partial charge in [-0.1, -0.05) is 46.9 Å². The van der Waals surface area contributed by atoms with Crippen LogP contribution in [-0.4, -0.2) is 46.0 Å². The fourth-order valence-electron chi connectivity index (χ4n) is 4.78. The molecule has 0 unspecified atom stereocenters. The van der Waals surface area contributed by atoms with Crippen LogP contribution in [0.5, 0.6) is 0 Å². The molecule has 0 saturated carbocycles. The van der Waals surface area contributed by atoms with E-state index in [1.54, 1.807) is 29.0 Å². The molecule has 9 heteroatoms. The third-order valence-electron chi connectivity index (χ3n) is 7.18. The van der Waals surface area contributed by atoms with Gasteiger partial charge in [-0.3, -0.25) is 14.3 Å². The van der Waals surface area contributed by atoms with Crippen LogP contribution < -0.4 is 0 Å². The van der Waals surface area contributed by atoms with Crippen LogP contribution in [0.3, 0.4) is 0 Å². The van der Waals surface area contributed by atoms with Crippen molar-refractivity contribution in [2.24, 2.45) is 0 Å². The third-order valence-corrected chi connectivity index (χ3v) is 7.99. The number of nitrogens with one attached hydrogen (secondary N) is 1. The molecule has 1 N–H and O–H groups in total. The number of nitrogens with zero attached hydrogens (tertiary/aromatic N) is 2. The molecule has 2 aromatic carbocycles. The van der Waals surface area contributed by atoms with Crippen molar-refractivity contribution in [3.63, 3.8) is 0 Å². The molecule has 41 heavy (non-hydrogen) atoms. The van der Waals surface area contributed by atoms with Crippen molar-refractivity contribution in [2.75, 3.05) is 14.1 Å². The largest absolute Gasteiger partial charge is 0.457 e. The zero-order chi connectivity index (χ0) is 30.4. The summed E-state index contributed by atoms with van der Waals surface area (Å²) in [5.41, 5.74) is 3.49. The summed E-state index contributed by atoms with van der Waals surface area (Å²) in [5, 5.41) is 1.94. The molecule has 4 aromatic rings. The van der Waals surface area contributed by atoms with Gasteiger partial charge in [-0.2, -0.15) is 0 Å². The predicted molar refractivity (Wildman–Crippen MR) is 169 cm³/mol. The SMILES string of the molecule is Cc1cn(C(=O)c2c(-c3c(Cl)cc(Cl)cc3Cl)c[nH]c2C(C)(C)N(C)C)c2cccc(/C=C/C(=O)OC(C)(C)C)c12. The van der Waals surface area contributed by atoms with Crippen LogP contribution in [0, 0.1) is 6.92 Å². The number of aromatic nitrogens is 2. The van der Waals surface area contributed by atoms with Crippen molar-refractivity contribution in [2.45, 2.75) is 52.7 Å². The van der Waals surface area contributed by atoms with Crippen LogP contribution in [0.1, 0.15) is 61.8 Å². The molecule has 216 valence electrons. The minimum Gasteiger partial charge on any atom is -0.457 e. The van der Waals surface area contributed by atoms with Crippen molar-refractivity contribution in [1.29, 1.82) is 0 Å². The molecule has 0 radical (unpaired) electrons. The summed E-state index contributed by atoms with van der Waals surface area (Å²) in [6.07, 6.45) is 6.70. The zero-order valence-corrected chi connectivity index (χ0v) is 26.7. The molecule has 2 heterocycles. The quantitative estimate of drug-likeness (QED) is 0.174. The number of H-pyrrole nitrogens is 1. The van der Waals surface area contributed by atoms with E-state index < -0.39 is 17.1 Å². The lowest BCUT2D eigenvalue weighted by atomic mass is 9.92. The van der Waals surface area contributed by atoms with Gasteiger partial charge < -0.3 is 9.72 Å². The first-order chi connectivity index (χ1) is 19.0. The van der Waals surface area contributed by atoms with Crippen LogP contribution in [0.2, 0.25) is 15.1 Å². The van der Waals surface area contributed by atoms with Crippen molar-refractivity contribution in [3.8, 4) is 11.1 Å². The van der Waals surface area contributed by atoms with E-state index in [1.807, 2.05) is 84.9 Å². The number of hydrogen-bond acceptors (Lipinski definition) is 4. The highest BCUT2D eigenvalue weighted by Gasteiger charge is 2.34. The Hall–Kier alpha value is -3.03. The van der Waals surface area contributed by atoms with Crippen LogP contribution in [0.4, 0.5) is 0 Å². The fourth-order valence-corrected chi connectivity index (χ4v) is 5.81. The molecule has 2 aromatic heterocycles. The van der Waals surface area contributed by atoms with Gasteiger partial charge in [0.15, 0.2) is 0 Å². The minimum atomic E-state index is -0.596. The molecule has 0 aliphatic rings. The highest BCUT2D eigenvalue weighted by atomic mass is 35.5. The molecular weight excluding hydrogens is 581 g/mol. The number of benzene rings is 2. The summed E-state index contributed by atoms with van der Waals surface area (Å²) in [6.45, 7) is 11.5. The molecule has 0 saturated heterocycles. The van der Waals surface area contributed by atoms with Gasteiger partial charge in [-0.25, -0.2) is 4.79 Å². The molecule has 0 aliphatic heterocycles. The maximum Gasteiger partial charge on any atom is 0.331 e. The Morgan fingerprint density at radius 1 is 1.02 bits per heavy atom. The van der Waals surface area contributed by atoms with Gasteiger partial charge in [-0.15, -0.1) is 0 Å². The molecule has 0 bridgehead atoms. The van der Waals surface area contributed by atoms with Gasteiger partial charge in [0.1, 0.15) is 5.60 Å².